The zero-order valence-corrected chi connectivity index (χ0v) is 16.3. The number of piperazine rings is 1. The molecule has 0 spiro atoms. The van der Waals surface area contributed by atoms with Crippen LogP contribution in [0.5, 0.6) is 0 Å². The number of ketones is 1. The minimum Gasteiger partial charge on any atom is -0.353 e. The number of nitrogens with zero attached hydrogens (tertiary/aromatic N) is 4. The second-order valence-corrected chi connectivity index (χ2v) is 6.70. The number of amidine groups is 1. The van der Waals surface area contributed by atoms with Crippen LogP contribution in [0.4, 0.5) is 0 Å². The molecule has 1 aliphatic rings. The van der Waals surface area contributed by atoms with Crippen molar-refractivity contribution >= 4 is 23.2 Å². The molecule has 2 heterocycles. The lowest BCUT2D eigenvalue weighted by atomic mass is 10.2. The molecule has 5 nitrogen and oxygen atoms in total. The number of aliphatic imine (C=N–C) groups is 1. The summed E-state index contributed by atoms with van der Waals surface area (Å²) in [5.74, 6) is 0.890. The lowest BCUT2D eigenvalue weighted by Gasteiger charge is -2.36. The predicted molar refractivity (Wildman–Crippen MR) is 104 cm³/mol. The molecule has 136 valence electrons. The van der Waals surface area contributed by atoms with Crippen molar-refractivity contribution in [2.45, 2.75) is 27.3 Å². The standard InChI is InChI=1S/C19H27ClN4O/c1-6-17(20)19(21-7-2)24-10-8-23(9-11-24)13-16-12-18(15(4)25)22(5)14(16)3/h6-7,12H,2,8-11,13H2,1,3-5H3/b17-6+,21-19?. The van der Waals surface area contributed by atoms with Gasteiger partial charge in [-0.3, -0.25) is 9.69 Å². The van der Waals surface area contributed by atoms with E-state index in [1.165, 1.54) is 11.8 Å². The van der Waals surface area contributed by atoms with E-state index in [2.05, 4.69) is 28.3 Å². The van der Waals surface area contributed by atoms with Gasteiger partial charge in [0.1, 0.15) is 5.84 Å². The molecule has 0 amide bonds. The second kappa shape index (κ2) is 8.50. The highest BCUT2D eigenvalue weighted by molar-refractivity contribution is 6.43. The monoisotopic (exact) mass is 362 g/mol. The quantitative estimate of drug-likeness (QED) is 0.458. The van der Waals surface area contributed by atoms with Crippen LogP contribution in [0.25, 0.3) is 0 Å². The van der Waals surface area contributed by atoms with Gasteiger partial charge >= 0.3 is 0 Å². The summed E-state index contributed by atoms with van der Waals surface area (Å²) < 4.78 is 1.98. The van der Waals surface area contributed by atoms with Crippen LogP contribution in [0.1, 0.15) is 35.6 Å². The molecule has 6 heteroatoms. The average molecular weight is 363 g/mol. The highest BCUT2D eigenvalue weighted by Crippen LogP contribution is 2.19. The van der Waals surface area contributed by atoms with Gasteiger partial charge in [0.2, 0.25) is 0 Å². The zero-order chi connectivity index (χ0) is 18.6. The summed E-state index contributed by atoms with van der Waals surface area (Å²) in [6.07, 6.45) is 3.39. The van der Waals surface area contributed by atoms with E-state index in [1.807, 2.05) is 30.7 Å². The highest BCUT2D eigenvalue weighted by atomic mass is 35.5. The predicted octanol–water partition coefficient (Wildman–Crippen LogP) is 3.34. The van der Waals surface area contributed by atoms with Crippen LogP contribution in [0, 0.1) is 6.92 Å². The van der Waals surface area contributed by atoms with Crippen LogP contribution < -0.4 is 0 Å². The van der Waals surface area contributed by atoms with Gasteiger partial charge in [-0.1, -0.05) is 24.3 Å². The van der Waals surface area contributed by atoms with Crippen molar-refractivity contribution < 1.29 is 4.79 Å². The topological polar surface area (TPSA) is 40.8 Å². The van der Waals surface area contributed by atoms with Crippen molar-refractivity contribution in [1.29, 1.82) is 0 Å². The number of aromatic nitrogens is 1. The summed E-state index contributed by atoms with van der Waals surface area (Å²) in [4.78, 5) is 20.6. The minimum atomic E-state index is 0.105. The molecular weight excluding hydrogens is 336 g/mol. The third kappa shape index (κ3) is 4.41. The molecule has 0 aromatic carbocycles. The summed E-state index contributed by atoms with van der Waals surface area (Å²) in [6, 6.07) is 2.02. The largest absolute Gasteiger partial charge is 0.353 e. The summed E-state index contributed by atoms with van der Waals surface area (Å²) in [5, 5.41) is 0.651. The van der Waals surface area contributed by atoms with Crippen molar-refractivity contribution in [2.75, 3.05) is 26.2 Å². The molecule has 25 heavy (non-hydrogen) atoms. The number of carbonyl (C=O) groups is 1. The summed E-state index contributed by atoms with van der Waals surface area (Å²) in [7, 11) is 1.95. The highest BCUT2D eigenvalue weighted by Gasteiger charge is 2.22. The molecule has 0 N–H and O–H groups in total. The van der Waals surface area contributed by atoms with E-state index >= 15 is 0 Å². The number of allylic oxidation sites excluding steroid dienone is 1. The molecular formula is C19H27ClN4O. The van der Waals surface area contributed by atoms with Gasteiger partial charge in [-0.05, 0) is 25.5 Å². The molecule has 1 aliphatic heterocycles. The van der Waals surface area contributed by atoms with Gasteiger partial charge in [-0.25, -0.2) is 4.99 Å². The number of carbonyl (C=O) groups excluding carboxylic acids is 1. The fourth-order valence-electron chi connectivity index (χ4n) is 3.13. The van der Waals surface area contributed by atoms with E-state index in [0.29, 0.717) is 5.03 Å². The van der Waals surface area contributed by atoms with Crippen LogP contribution >= 0.6 is 11.6 Å². The Morgan fingerprint density at radius 3 is 2.48 bits per heavy atom. The van der Waals surface area contributed by atoms with E-state index in [4.69, 9.17) is 11.6 Å². The molecule has 1 aromatic heterocycles. The smallest absolute Gasteiger partial charge is 0.176 e. The molecule has 0 saturated carbocycles. The molecule has 0 radical (unpaired) electrons. The van der Waals surface area contributed by atoms with Gasteiger partial charge < -0.3 is 9.47 Å². The van der Waals surface area contributed by atoms with Gasteiger partial charge in [0, 0.05) is 58.6 Å². The van der Waals surface area contributed by atoms with E-state index in [-0.39, 0.29) is 5.78 Å². The first kappa shape index (κ1) is 19.5. The summed E-state index contributed by atoms with van der Waals surface area (Å²) in [5.41, 5.74) is 3.14. The molecule has 0 unspecified atom stereocenters. The Labute approximate surface area is 155 Å². The Bertz CT molecular complexity index is 709. The maximum atomic E-state index is 11.7. The number of hydrogen-bond acceptors (Lipinski definition) is 3. The van der Waals surface area contributed by atoms with Crippen LogP contribution in [-0.4, -0.2) is 52.2 Å². The Hall–Kier alpha value is -1.85. The lowest BCUT2D eigenvalue weighted by molar-refractivity contribution is 0.101. The molecule has 0 bridgehead atoms. The van der Waals surface area contributed by atoms with Crippen LogP contribution in [0.3, 0.4) is 0 Å². The van der Waals surface area contributed by atoms with E-state index in [9.17, 15) is 4.79 Å². The number of rotatable bonds is 5. The van der Waals surface area contributed by atoms with Crippen LogP contribution in [0.2, 0.25) is 0 Å². The third-order valence-corrected chi connectivity index (χ3v) is 5.13. The van der Waals surface area contributed by atoms with Gasteiger partial charge in [0.05, 0.1) is 10.7 Å². The molecule has 2 rings (SSSR count). The Morgan fingerprint density at radius 2 is 2.00 bits per heavy atom. The summed E-state index contributed by atoms with van der Waals surface area (Å²) in [6.45, 7) is 13.7. The number of halogens is 1. The van der Waals surface area contributed by atoms with Gasteiger partial charge in [0.25, 0.3) is 0 Å². The van der Waals surface area contributed by atoms with E-state index in [1.54, 1.807) is 6.92 Å². The average Bonchev–Trinajstić information content (AvgIpc) is 2.88. The number of hydrogen-bond donors (Lipinski definition) is 0. The second-order valence-electron chi connectivity index (χ2n) is 6.29. The molecule has 1 aromatic rings. The first-order valence-corrected chi connectivity index (χ1v) is 8.91. The van der Waals surface area contributed by atoms with Crippen molar-refractivity contribution in [3.63, 3.8) is 0 Å². The van der Waals surface area contributed by atoms with E-state index < -0.39 is 0 Å². The zero-order valence-electron chi connectivity index (χ0n) is 15.5. The van der Waals surface area contributed by atoms with Crippen LogP contribution in [-0.2, 0) is 13.6 Å². The van der Waals surface area contributed by atoms with Crippen molar-refractivity contribution in [3.8, 4) is 0 Å². The van der Waals surface area contributed by atoms with Crippen molar-refractivity contribution in [2.24, 2.45) is 12.0 Å². The Balaban J connectivity index is 2.04. The van der Waals surface area contributed by atoms with Gasteiger partial charge in [-0.15, -0.1) is 0 Å². The van der Waals surface area contributed by atoms with Crippen LogP contribution in [0.15, 0.2) is 34.9 Å². The summed E-state index contributed by atoms with van der Waals surface area (Å²) >= 11 is 6.27. The lowest BCUT2D eigenvalue weighted by Crippen LogP contribution is -2.48. The van der Waals surface area contributed by atoms with E-state index in [0.717, 1.165) is 49.9 Å². The molecule has 0 aliphatic carbocycles. The number of Topliss-reactive ketones (excluding diaryl/α,β-unsaturated/α-hetero) is 1. The third-order valence-electron chi connectivity index (χ3n) is 4.75. The normalized spacial score (nSPS) is 17.1. The Kier molecular flexibility index (Phi) is 6.62. The molecule has 1 saturated heterocycles. The SMILES string of the molecule is C=CN=C(/C(Cl)=C\C)N1CCN(Cc2cc(C(C)=O)n(C)c2C)CC1. The maximum absolute atomic E-state index is 11.7. The van der Waals surface area contributed by atoms with Gasteiger partial charge in [-0.2, -0.15) is 0 Å². The van der Waals surface area contributed by atoms with Crippen molar-refractivity contribution in [1.82, 2.24) is 14.4 Å². The molecule has 1 fully saturated rings. The minimum absolute atomic E-state index is 0.105. The fourth-order valence-corrected chi connectivity index (χ4v) is 3.30. The fraction of sp³-hybridized carbons (Fsp3) is 0.474. The van der Waals surface area contributed by atoms with Crippen molar-refractivity contribution in [3.05, 3.63) is 46.9 Å². The first-order valence-electron chi connectivity index (χ1n) is 8.53. The first-order chi connectivity index (χ1) is 11.9. The Morgan fingerprint density at radius 1 is 1.36 bits per heavy atom. The molecule has 0 atom stereocenters. The maximum Gasteiger partial charge on any atom is 0.176 e. The van der Waals surface area contributed by atoms with Gasteiger partial charge in [0.15, 0.2) is 5.78 Å².